The van der Waals surface area contributed by atoms with E-state index in [-0.39, 0.29) is 5.41 Å². The Labute approximate surface area is 123 Å². The molecular weight excluding hydrogens is 242 g/mol. The molecule has 0 N–H and O–H groups in total. The molecule has 0 aliphatic heterocycles. The van der Waals surface area contributed by atoms with Crippen LogP contribution in [0, 0.1) is 41.5 Å². The fraction of sp³-hybridized carbons (Fsp3) is 0.526. The SMILES string of the molecule is Cc1nc2c(C)c(C)c(C)c(C)c2c(C(C)(C)C)c1C. The van der Waals surface area contributed by atoms with Crippen molar-refractivity contribution in [3.05, 3.63) is 39.1 Å². The largest absolute Gasteiger partial charge is 0.253 e. The minimum absolute atomic E-state index is 0.134. The molecule has 1 aromatic carbocycles. The van der Waals surface area contributed by atoms with Crippen LogP contribution in [0.15, 0.2) is 0 Å². The fourth-order valence-electron chi connectivity index (χ4n) is 3.30. The summed E-state index contributed by atoms with van der Waals surface area (Å²) in [6, 6.07) is 0. The molecule has 1 heteroatoms. The highest BCUT2D eigenvalue weighted by molar-refractivity contribution is 5.92. The maximum Gasteiger partial charge on any atom is 0.0743 e. The third-order valence-corrected chi connectivity index (χ3v) is 4.85. The number of pyridine rings is 1. The second-order valence-corrected chi connectivity index (χ2v) is 7.17. The van der Waals surface area contributed by atoms with Gasteiger partial charge in [0.15, 0.2) is 0 Å². The van der Waals surface area contributed by atoms with Gasteiger partial charge in [-0.1, -0.05) is 20.8 Å². The van der Waals surface area contributed by atoms with Crippen molar-refractivity contribution in [2.24, 2.45) is 0 Å². The minimum atomic E-state index is 0.134. The lowest BCUT2D eigenvalue weighted by atomic mass is 9.78. The normalized spacial score (nSPS) is 12.2. The van der Waals surface area contributed by atoms with Gasteiger partial charge in [-0.25, -0.2) is 0 Å². The predicted molar refractivity (Wildman–Crippen MR) is 88.9 cm³/mol. The number of rotatable bonds is 0. The third-order valence-electron chi connectivity index (χ3n) is 4.85. The van der Waals surface area contributed by atoms with Gasteiger partial charge in [0.1, 0.15) is 0 Å². The Morgan fingerprint density at radius 2 is 1.15 bits per heavy atom. The molecule has 0 spiro atoms. The first-order valence-electron chi connectivity index (χ1n) is 7.45. The van der Waals surface area contributed by atoms with E-state index >= 15 is 0 Å². The molecule has 0 saturated heterocycles. The second-order valence-electron chi connectivity index (χ2n) is 7.17. The number of benzene rings is 1. The van der Waals surface area contributed by atoms with Gasteiger partial charge in [-0.05, 0) is 80.3 Å². The van der Waals surface area contributed by atoms with Crippen molar-refractivity contribution < 1.29 is 0 Å². The van der Waals surface area contributed by atoms with E-state index in [0.29, 0.717) is 0 Å². The fourth-order valence-corrected chi connectivity index (χ4v) is 3.30. The highest BCUT2D eigenvalue weighted by atomic mass is 14.7. The van der Waals surface area contributed by atoms with Crippen LogP contribution in [0.5, 0.6) is 0 Å². The predicted octanol–water partition coefficient (Wildman–Crippen LogP) is 5.38. The molecule has 20 heavy (non-hydrogen) atoms. The molecule has 0 atom stereocenters. The average molecular weight is 269 g/mol. The van der Waals surface area contributed by atoms with Crippen molar-refractivity contribution in [3.8, 4) is 0 Å². The lowest BCUT2D eigenvalue weighted by molar-refractivity contribution is 0.590. The summed E-state index contributed by atoms with van der Waals surface area (Å²) in [5, 5.41) is 1.38. The summed E-state index contributed by atoms with van der Waals surface area (Å²) in [6.45, 7) is 20.2. The molecule has 2 aromatic rings. The zero-order chi connectivity index (χ0) is 15.4. The maximum absolute atomic E-state index is 4.91. The van der Waals surface area contributed by atoms with Gasteiger partial charge in [-0.2, -0.15) is 0 Å². The van der Waals surface area contributed by atoms with Crippen LogP contribution in [0.3, 0.4) is 0 Å². The number of hydrogen-bond acceptors (Lipinski definition) is 1. The molecule has 1 aromatic heterocycles. The molecule has 0 aliphatic carbocycles. The van der Waals surface area contributed by atoms with E-state index in [0.717, 1.165) is 5.69 Å². The van der Waals surface area contributed by atoms with Crippen LogP contribution in [0.1, 0.15) is 59.8 Å². The van der Waals surface area contributed by atoms with Crippen LogP contribution in [0.25, 0.3) is 10.9 Å². The van der Waals surface area contributed by atoms with Gasteiger partial charge in [0.05, 0.1) is 5.52 Å². The van der Waals surface area contributed by atoms with E-state index in [9.17, 15) is 0 Å². The Balaban J connectivity index is 3.17. The topological polar surface area (TPSA) is 12.9 Å². The Morgan fingerprint density at radius 1 is 0.650 bits per heavy atom. The van der Waals surface area contributed by atoms with E-state index in [2.05, 4.69) is 62.3 Å². The van der Waals surface area contributed by atoms with Crippen molar-refractivity contribution in [2.45, 2.75) is 67.7 Å². The van der Waals surface area contributed by atoms with Crippen LogP contribution < -0.4 is 0 Å². The Morgan fingerprint density at radius 3 is 1.65 bits per heavy atom. The summed E-state index contributed by atoms with van der Waals surface area (Å²) in [7, 11) is 0. The average Bonchev–Trinajstić information content (AvgIpc) is 2.34. The first kappa shape index (κ1) is 15.0. The molecule has 0 bridgehead atoms. The Hall–Kier alpha value is -1.37. The summed E-state index contributed by atoms with van der Waals surface area (Å²) >= 11 is 0. The quantitative estimate of drug-likeness (QED) is 0.625. The molecule has 0 saturated carbocycles. The van der Waals surface area contributed by atoms with Crippen LogP contribution in [0.4, 0.5) is 0 Å². The standard InChI is InChI=1S/C19H27N/c1-10-11(2)13(4)18-16(12(10)3)17(19(7,8)9)14(5)15(6)20-18/h1-9H3. The second kappa shape index (κ2) is 4.58. The van der Waals surface area contributed by atoms with E-state index in [4.69, 9.17) is 4.98 Å². The van der Waals surface area contributed by atoms with E-state index in [1.165, 1.54) is 44.3 Å². The molecule has 0 fully saturated rings. The first-order valence-corrected chi connectivity index (χ1v) is 7.45. The van der Waals surface area contributed by atoms with Crippen molar-refractivity contribution in [3.63, 3.8) is 0 Å². The molecular formula is C19H27N. The van der Waals surface area contributed by atoms with Crippen LogP contribution in [-0.2, 0) is 5.41 Å². The zero-order valence-corrected chi connectivity index (χ0v) is 14.4. The van der Waals surface area contributed by atoms with Crippen molar-refractivity contribution in [2.75, 3.05) is 0 Å². The molecule has 0 unspecified atom stereocenters. The minimum Gasteiger partial charge on any atom is -0.253 e. The van der Waals surface area contributed by atoms with Crippen molar-refractivity contribution in [1.82, 2.24) is 4.98 Å². The van der Waals surface area contributed by atoms with Crippen molar-refractivity contribution in [1.29, 1.82) is 0 Å². The first-order chi connectivity index (χ1) is 9.07. The lowest BCUT2D eigenvalue weighted by Crippen LogP contribution is -2.17. The molecule has 0 radical (unpaired) electrons. The van der Waals surface area contributed by atoms with Crippen LogP contribution in [0.2, 0.25) is 0 Å². The number of aromatic nitrogens is 1. The highest BCUT2D eigenvalue weighted by Crippen LogP contribution is 2.38. The summed E-state index contributed by atoms with van der Waals surface area (Å²) in [5.41, 5.74) is 10.8. The molecule has 1 nitrogen and oxygen atoms in total. The molecule has 108 valence electrons. The van der Waals surface area contributed by atoms with Gasteiger partial charge < -0.3 is 0 Å². The number of nitrogens with zero attached hydrogens (tertiary/aromatic N) is 1. The van der Waals surface area contributed by atoms with E-state index in [1.54, 1.807) is 0 Å². The van der Waals surface area contributed by atoms with Crippen molar-refractivity contribution >= 4 is 10.9 Å². The van der Waals surface area contributed by atoms with Gasteiger partial charge in [0.25, 0.3) is 0 Å². The maximum atomic E-state index is 4.91. The van der Waals surface area contributed by atoms with Gasteiger partial charge in [0.2, 0.25) is 0 Å². The number of hydrogen-bond donors (Lipinski definition) is 0. The molecule has 1 heterocycles. The van der Waals surface area contributed by atoms with Crippen LogP contribution >= 0.6 is 0 Å². The van der Waals surface area contributed by atoms with Gasteiger partial charge >= 0.3 is 0 Å². The molecule has 2 rings (SSSR count). The zero-order valence-electron chi connectivity index (χ0n) is 14.4. The van der Waals surface area contributed by atoms with E-state index in [1.807, 2.05) is 0 Å². The summed E-state index contributed by atoms with van der Waals surface area (Å²) in [6.07, 6.45) is 0. The molecule has 0 amide bonds. The summed E-state index contributed by atoms with van der Waals surface area (Å²) in [4.78, 5) is 4.91. The number of aryl methyl sites for hydroxylation is 3. The van der Waals surface area contributed by atoms with Gasteiger partial charge in [0, 0.05) is 11.1 Å². The third kappa shape index (κ3) is 2.04. The van der Waals surface area contributed by atoms with Gasteiger partial charge in [-0.15, -0.1) is 0 Å². The lowest BCUT2D eigenvalue weighted by Gasteiger charge is -2.27. The highest BCUT2D eigenvalue weighted by Gasteiger charge is 2.24. The smallest absolute Gasteiger partial charge is 0.0743 e. The number of fused-ring (bicyclic) bond motifs is 1. The van der Waals surface area contributed by atoms with E-state index < -0.39 is 0 Å². The summed E-state index contributed by atoms with van der Waals surface area (Å²) < 4.78 is 0. The Kier molecular flexibility index (Phi) is 3.44. The summed E-state index contributed by atoms with van der Waals surface area (Å²) in [5.74, 6) is 0. The van der Waals surface area contributed by atoms with Crippen LogP contribution in [-0.4, -0.2) is 4.98 Å². The monoisotopic (exact) mass is 269 g/mol. The van der Waals surface area contributed by atoms with Gasteiger partial charge in [-0.3, -0.25) is 4.98 Å². The molecule has 0 aliphatic rings. The Bertz CT molecular complexity index is 700.